The van der Waals surface area contributed by atoms with E-state index in [1.54, 1.807) is 0 Å². The largest absolute Gasteiger partial charge is 0.472 e. The quantitative estimate of drug-likeness (QED) is 0.0156. The molecule has 3 unspecified atom stereocenters. The van der Waals surface area contributed by atoms with Crippen molar-refractivity contribution in [2.75, 3.05) is 40.9 Å². The first kappa shape index (κ1) is 63.2. The Labute approximate surface area is 406 Å². The minimum absolute atomic E-state index is 0.0298. The van der Waals surface area contributed by atoms with Crippen molar-refractivity contribution >= 4 is 19.7 Å². The summed E-state index contributed by atoms with van der Waals surface area (Å²) in [6.45, 7) is 6.70. The van der Waals surface area contributed by atoms with Gasteiger partial charge in [-0.15, -0.1) is 0 Å². The van der Waals surface area contributed by atoms with Crippen LogP contribution in [0.15, 0.2) is 85.1 Å². The fourth-order valence-electron chi connectivity index (χ4n) is 7.11. The summed E-state index contributed by atoms with van der Waals surface area (Å²) in [4.78, 5) is 37.4. The molecule has 66 heavy (non-hydrogen) atoms. The number of phosphoric acid groups is 1. The molecule has 0 radical (unpaired) electrons. The lowest BCUT2D eigenvalue weighted by Crippen LogP contribution is -2.47. The highest BCUT2D eigenvalue weighted by atomic mass is 31.2. The van der Waals surface area contributed by atoms with Gasteiger partial charge in [-0.25, -0.2) is 4.57 Å². The molecule has 2 N–H and O–H groups in total. The molecule has 0 fully saturated rings. The predicted molar refractivity (Wildman–Crippen MR) is 281 cm³/mol. The molecule has 9 nitrogen and oxygen atoms in total. The first-order chi connectivity index (χ1) is 31.9. The highest BCUT2D eigenvalue weighted by molar-refractivity contribution is 7.47. The van der Waals surface area contributed by atoms with Gasteiger partial charge in [-0.3, -0.25) is 18.6 Å². The van der Waals surface area contributed by atoms with Crippen molar-refractivity contribution in [3.05, 3.63) is 85.1 Å². The van der Waals surface area contributed by atoms with Gasteiger partial charge in [-0.05, 0) is 70.3 Å². The summed E-state index contributed by atoms with van der Waals surface area (Å²) in [7, 11) is 1.46. The molecule has 380 valence electrons. The van der Waals surface area contributed by atoms with E-state index in [1.807, 2.05) is 39.4 Å². The number of carbonyl (C=O) groups is 2. The number of esters is 1. The van der Waals surface area contributed by atoms with Crippen molar-refractivity contribution in [3.8, 4) is 0 Å². The zero-order valence-electron chi connectivity index (χ0n) is 43.2. The first-order valence-corrected chi connectivity index (χ1v) is 28.0. The summed E-state index contributed by atoms with van der Waals surface area (Å²) >= 11 is 0. The van der Waals surface area contributed by atoms with Crippen LogP contribution in [0.3, 0.4) is 0 Å². The Hall–Kier alpha value is -2.81. The number of allylic oxidation sites excluding steroid dienone is 13. The van der Waals surface area contributed by atoms with Crippen LogP contribution >= 0.6 is 7.82 Å². The summed E-state index contributed by atoms with van der Waals surface area (Å²) in [5.41, 5.74) is 0. The van der Waals surface area contributed by atoms with Crippen LogP contribution in [-0.4, -0.2) is 74.3 Å². The molecule has 0 aromatic rings. The van der Waals surface area contributed by atoms with Crippen LogP contribution in [0.4, 0.5) is 0 Å². The molecule has 0 saturated carbocycles. The average Bonchev–Trinajstić information content (AvgIpc) is 3.27. The topological polar surface area (TPSA) is 111 Å². The molecule has 10 heteroatoms. The SMILES string of the molecule is CC/C=C/C=C/C=C\CCCCCCCC(=O)NC(COP(=O)(O)OCC[N+](C)(C)C)C(/C=C/CCCCCCCCCCCC)OC(=O)CCCCCCCCC/C=C/C=C/C=C/CC. The number of ether oxygens (including phenoxy) is 1. The molecule has 0 aliphatic rings. The van der Waals surface area contributed by atoms with E-state index >= 15 is 0 Å². The molecule has 0 aromatic heterocycles. The molecule has 0 saturated heterocycles. The lowest BCUT2D eigenvalue weighted by atomic mass is 10.0. The third-order valence-corrected chi connectivity index (χ3v) is 12.2. The van der Waals surface area contributed by atoms with Crippen molar-refractivity contribution in [1.82, 2.24) is 5.32 Å². The van der Waals surface area contributed by atoms with Gasteiger partial charge in [0.2, 0.25) is 5.91 Å². The zero-order chi connectivity index (χ0) is 48.7. The number of carbonyl (C=O) groups excluding carboxylic acids is 2. The van der Waals surface area contributed by atoms with Crippen molar-refractivity contribution in [1.29, 1.82) is 0 Å². The predicted octanol–water partition coefficient (Wildman–Crippen LogP) is 15.5. The van der Waals surface area contributed by atoms with E-state index in [-0.39, 0.29) is 31.5 Å². The summed E-state index contributed by atoms with van der Waals surface area (Å²) in [6.07, 6.45) is 58.6. The van der Waals surface area contributed by atoms with E-state index in [0.717, 1.165) is 103 Å². The fraction of sp³-hybridized carbons (Fsp3) is 0.714. The number of unbranched alkanes of at least 4 members (excludes halogenated alkanes) is 22. The van der Waals surface area contributed by atoms with Crippen molar-refractivity contribution in [3.63, 3.8) is 0 Å². The Balaban J connectivity index is 5.47. The Bertz CT molecular complexity index is 1410. The van der Waals surface area contributed by atoms with Gasteiger partial charge in [-0.2, -0.15) is 0 Å². The van der Waals surface area contributed by atoms with E-state index in [9.17, 15) is 19.0 Å². The van der Waals surface area contributed by atoms with E-state index in [2.05, 4.69) is 92.9 Å². The van der Waals surface area contributed by atoms with Crippen LogP contribution < -0.4 is 5.32 Å². The number of hydrogen-bond acceptors (Lipinski definition) is 6. The highest BCUT2D eigenvalue weighted by Crippen LogP contribution is 2.43. The second-order valence-corrected chi connectivity index (χ2v) is 20.2. The van der Waals surface area contributed by atoms with Crippen LogP contribution in [-0.2, 0) is 27.9 Å². The summed E-state index contributed by atoms with van der Waals surface area (Å²) in [6, 6.07) is -0.866. The van der Waals surface area contributed by atoms with Crippen LogP contribution in [0.5, 0.6) is 0 Å². The van der Waals surface area contributed by atoms with Gasteiger partial charge in [0.15, 0.2) is 0 Å². The minimum Gasteiger partial charge on any atom is -0.456 e. The van der Waals surface area contributed by atoms with Gasteiger partial charge in [-0.1, -0.05) is 209 Å². The normalized spacial score (nSPS) is 14.6. The van der Waals surface area contributed by atoms with Gasteiger partial charge in [0.1, 0.15) is 19.3 Å². The van der Waals surface area contributed by atoms with Crippen LogP contribution in [0.2, 0.25) is 0 Å². The second-order valence-electron chi connectivity index (χ2n) is 18.8. The summed E-state index contributed by atoms with van der Waals surface area (Å²) in [5, 5.41) is 3.02. The number of likely N-dealkylation sites (N-methyl/N-ethyl adjacent to an activating group) is 1. The molecule has 0 bridgehead atoms. The lowest BCUT2D eigenvalue weighted by Gasteiger charge is -2.27. The standard InChI is InChI=1S/C56H99N2O7P/c1-7-10-13-16-19-22-25-28-29-31-34-37-40-43-46-49-56(60)65-54(47-44-41-38-35-32-27-24-21-18-15-12-9-3)53(52-64-66(61,62)63-51-50-58(4,5)6)57-55(59)48-45-42-39-36-33-30-26-23-20-17-14-11-8-2/h10-11,13-14,16-17,19-20,22-23,25-26,44,47,53-54H,7-9,12,15,18,21,24,27-43,45-46,48-52H2,1-6H3,(H-,57,59,61,62)/p+1/b13-10+,14-11+,19-16+,20-17+,25-22+,26-23-,47-44+. The Morgan fingerprint density at radius 3 is 1.44 bits per heavy atom. The molecule has 0 heterocycles. The maximum absolute atomic E-state index is 13.4. The van der Waals surface area contributed by atoms with E-state index in [1.165, 1.54) is 70.6 Å². The Morgan fingerprint density at radius 2 is 0.970 bits per heavy atom. The third kappa shape index (κ3) is 46.3. The number of rotatable bonds is 46. The van der Waals surface area contributed by atoms with Crippen molar-refractivity contribution in [2.45, 2.75) is 219 Å². The number of phosphoric ester groups is 1. The summed E-state index contributed by atoms with van der Waals surface area (Å²) in [5.74, 6) is -0.551. The molecular weight excluding hydrogens is 844 g/mol. The Morgan fingerprint density at radius 1 is 0.545 bits per heavy atom. The number of nitrogens with one attached hydrogen (secondary N) is 1. The third-order valence-electron chi connectivity index (χ3n) is 11.2. The van der Waals surface area contributed by atoms with Crippen molar-refractivity contribution < 1.29 is 37.3 Å². The molecule has 3 atom stereocenters. The van der Waals surface area contributed by atoms with Crippen LogP contribution in [0, 0.1) is 0 Å². The van der Waals surface area contributed by atoms with Gasteiger partial charge in [0.05, 0.1) is 33.8 Å². The van der Waals surface area contributed by atoms with Gasteiger partial charge in [0.25, 0.3) is 0 Å². The van der Waals surface area contributed by atoms with Crippen molar-refractivity contribution in [2.24, 2.45) is 0 Å². The molecular formula is C56H100N2O7P+. The smallest absolute Gasteiger partial charge is 0.456 e. The molecule has 0 aromatic carbocycles. The second kappa shape index (κ2) is 45.9. The number of hydrogen-bond donors (Lipinski definition) is 2. The maximum atomic E-state index is 13.4. The molecule has 0 aliphatic carbocycles. The van der Waals surface area contributed by atoms with E-state index in [0.29, 0.717) is 17.4 Å². The van der Waals surface area contributed by atoms with Gasteiger partial charge < -0.3 is 19.4 Å². The lowest BCUT2D eigenvalue weighted by molar-refractivity contribution is -0.870. The van der Waals surface area contributed by atoms with Crippen LogP contribution in [0.25, 0.3) is 0 Å². The maximum Gasteiger partial charge on any atom is 0.472 e. The molecule has 0 rings (SSSR count). The average molecular weight is 944 g/mol. The minimum atomic E-state index is -4.45. The van der Waals surface area contributed by atoms with Crippen LogP contribution in [0.1, 0.15) is 207 Å². The first-order valence-electron chi connectivity index (χ1n) is 26.5. The number of nitrogens with zero attached hydrogens (tertiary/aromatic N) is 1. The van der Waals surface area contributed by atoms with Gasteiger partial charge >= 0.3 is 13.8 Å². The molecule has 0 spiro atoms. The molecule has 0 aliphatic heterocycles. The fourth-order valence-corrected chi connectivity index (χ4v) is 7.85. The van der Waals surface area contributed by atoms with E-state index in [4.69, 9.17) is 13.8 Å². The Kier molecular flexibility index (Phi) is 44.0. The zero-order valence-corrected chi connectivity index (χ0v) is 44.1. The number of quaternary nitrogens is 1. The monoisotopic (exact) mass is 944 g/mol. The summed E-state index contributed by atoms with van der Waals surface area (Å²) < 4.78 is 30.5. The molecule has 1 amide bonds. The van der Waals surface area contributed by atoms with Gasteiger partial charge in [0, 0.05) is 12.8 Å². The highest BCUT2D eigenvalue weighted by Gasteiger charge is 2.30. The number of amides is 1. The van der Waals surface area contributed by atoms with E-state index < -0.39 is 20.0 Å².